The van der Waals surface area contributed by atoms with Crippen LogP contribution in [0.3, 0.4) is 0 Å². The van der Waals surface area contributed by atoms with E-state index >= 15 is 0 Å². The summed E-state index contributed by atoms with van der Waals surface area (Å²) >= 11 is 1.54. The molecule has 3 aliphatic carbocycles. The summed E-state index contributed by atoms with van der Waals surface area (Å²) < 4.78 is 6.26. The first kappa shape index (κ1) is 12.6. The highest BCUT2D eigenvalue weighted by atomic mass is 32.1. The fourth-order valence-corrected chi connectivity index (χ4v) is 4.71. The zero-order valence-electron chi connectivity index (χ0n) is 11.6. The van der Waals surface area contributed by atoms with Gasteiger partial charge in [-0.25, -0.2) is 9.98 Å². The van der Waals surface area contributed by atoms with Crippen molar-refractivity contribution in [2.45, 2.75) is 49.2 Å². The molecule has 20 heavy (non-hydrogen) atoms. The molecule has 7 heteroatoms. The maximum atomic E-state index is 6.34. The van der Waals surface area contributed by atoms with Gasteiger partial charge >= 0.3 is 0 Å². The van der Waals surface area contributed by atoms with Crippen LogP contribution >= 0.6 is 11.3 Å². The highest BCUT2D eigenvalue weighted by molar-refractivity contribution is 7.13. The minimum absolute atomic E-state index is 0.255. The molecule has 1 aliphatic heterocycles. The van der Waals surface area contributed by atoms with E-state index in [0.717, 1.165) is 11.6 Å². The highest BCUT2D eigenvalue weighted by Crippen LogP contribution is 2.60. The van der Waals surface area contributed by atoms with Crippen molar-refractivity contribution in [3.63, 3.8) is 0 Å². The van der Waals surface area contributed by atoms with E-state index in [0.29, 0.717) is 17.3 Å². The number of nitrogens with two attached hydrogens (primary N) is 1. The molecule has 2 bridgehead atoms. The third kappa shape index (κ3) is 1.79. The van der Waals surface area contributed by atoms with Gasteiger partial charge in [0.05, 0.1) is 0 Å². The molecule has 0 amide bonds. The van der Waals surface area contributed by atoms with Crippen molar-refractivity contribution in [3.8, 4) is 0 Å². The largest absolute Gasteiger partial charge is 0.454 e. The summed E-state index contributed by atoms with van der Waals surface area (Å²) in [5, 5.41) is 6.26. The summed E-state index contributed by atoms with van der Waals surface area (Å²) in [5.74, 6) is 0.540. The molecule has 1 unspecified atom stereocenters. The SMILES string of the molecule is BC12CCC(CC1)[C@@]1(C2)OC(Nc2nccs2)=NC1N. The van der Waals surface area contributed by atoms with Crippen LogP contribution in [0.2, 0.25) is 5.31 Å². The Balaban J connectivity index is 1.57. The Morgan fingerprint density at radius 2 is 2.25 bits per heavy atom. The summed E-state index contributed by atoms with van der Waals surface area (Å²) in [6.07, 6.45) is 7.55. The van der Waals surface area contributed by atoms with Crippen molar-refractivity contribution in [2.24, 2.45) is 16.6 Å². The molecule has 4 aliphatic rings. The lowest BCUT2D eigenvalue weighted by molar-refractivity contribution is -0.0796. The van der Waals surface area contributed by atoms with E-state index in [1.807, 2.05) is 5.38 Å². The van der Waals surface area contributed by atoms with Gasteiger partial charge < -0.3 is 10.5 Å². The molecule has 3 saturated carbocycles. The second-order valence-electron chi connectivity index (χ2n) is 6.66. The van der Waals surface area contributed by atoms with Gasteiger partial charge in [-0.2, -0.15) is 0 Å². The minimum Gasteiger partial charge on any atom is -0.454 e. The number of fused-ring (bicyclic) bond motifs is 2. The van der Waals surface area contributed by atoms with Crippen molar-refractivity contribution >= 4 is 30.3 Å². The molecule has 2 heterocycles. The molecule has 0 radical (unpaired) electrons. The maximum absolute atomic E-state index is 6.34. The van der Waals surface area contributed by atoms with E-state index in [4.69, 9.17) is 10.5 Å². The number of anilines is 1. The van der Waals surface area contributed by atoms with Crippen molar-refractivity contribution in [1.29, 1.82) is 0 Å². The Morgan fingerprint density at radius 3 is 2.90 bits per heavy atom. The van der Waals surface area contributed by atoms with Crippen LogP contribution in [-0.4, -0.2) is 30.6 Å². The van der Waals surface area contributed by atoms with Gasteiger partial charge in [0, 0.05) is 17.5 Å². The molecule has 3 fully saturated rings. The monoisotopic (exact) mass is 290 g/mol. The van der Waals surface area contributed by atoms with Gasteiger partial charge in [0.15, 0.2) is 10.7 Å². The molecule has 3 N–H and O–H groups in total. The number of hydrogen-bond acceptors (Lipinski definition) is 6. The lowest BCUT2D eigenvalue weighted by Gasteiger charge is -2.55. The molecule has 5 nitrogen and oxygen atoms in total. The number of thiazole rings is 1. The zero-order chi connectivity index (χ0) is 13.8. The average molecular weight is 290 g/mol. The summed E-state index contributed by atoms with van der Waals surface area (Å²) in [7, 11) is 2.37. The number of hydrogen-bond donors (Lipinski definition) is 2. The number of rotatable bonds is 1. The second kappa shape index (κ2) is 4.21. The van der Waals surface area contributed by atoms with Crippen LogP contribution in [0.1, 0.15) is 32.1 Å². The molecule has 106 valence electrons. The number of aliphatic imine (C=N–C) groups is 1. The average Bonchev–Trinajstić information content (AvgIpc) is 3.00. The Hall–Kier alpha value is -1.08. The predicted molar refractivity (Wildman–Crippen MR) is 82.8 cm³/mol. The summed E-state index contributed by atoms with van der Waals surface area (Å²) in [6.45, 7) is 0. The predicted octanol–water partition coefficient (Wildman–Crippen LogP) is 1.35. The number of aromatic nitrogens is 1. The van der Waals surface area contributed by atoms with Gasteiger partial charge in [0.1, 0.15) is 14.0 Å². The number of nitrogens with one attached hydrogen (secondary N) is 1. The molecule has 0 aromatic carbocycles. The van der Waals surface area contributed by atoms with Gasteiger partial charge in [-0.3, -0.25) is 5.32 Å². The van der Waals surface area contributed by atoms with Crippen LogP contribution in [0.25, 0.3) is 0 Å². The molecule has 1 aromatic heterocycles. The lowest BCUT2D eigenvalue weighted by atomic mass is 9.46. The number of amidine groups is 1. The Kier molecular flexibility index (Phi) is 2.66. The molecule has 2 atom stereocenters. The zero-order valence-corrected chi connectivity index (χ0v) is 12.4. The van der Waals surface area contributed by atoms with E-state index in [1.54, 1.807) is 6.20 Å². The van der Waals surface area contributed by atoms with Crippen molar-refractivity contribution < 1.29 is 4.74 Å². The van der Waals surface area contributed by atoms with E-state index in [1.165, 1.54) is 37.0 Å². The molecule has 1 aromatic rings. The van der Waals surface area contributed by atoms with Gasteiger partial charge in [-0.1, -0.05) is 18.2 Å². The maximum Gasteiger partial charge on any atom is 0.293 e. The second-order valence-corrected chi connectivity index (χ2v) is 7.55. The highest BCUT2D eigenvalue weighted by Gasteiger charge is 2.59. The number of ether oxygens (including phenoxy) is 1. The Labute approximate surface area is 123 Å². The van der Waals surface area contributed by atoms with Crippen molar-refractivity contribution in [3.05, 3.63) is 11.6 Å². The fraction of sp³-hybridized carbons (Fsp3) is 0.692. The van der Waals surface area contributed by atoms with E-state index < -0.39 is 0 Å². The summed E-state index contributed by atoms with van der Waals surface area (Å²) in [5.41, 5.74) is 6.05. The van der Waals surface area contributed by atoms with E-state index in [2.05, 4.69) is 23.1 Å². The smallest absolute Gasteiger partial charge is 0.293 e. The Morgan fingerprint density at radius 1 is 1.45 bits per heavy atom. The molecule has 1 spiro atoms. The molecule has 5 rings (SSSR count). The van der Waals surface area contributed by atoms with E-state index in [-0.39, 0.29) is 11.8 Å². The molecular weight excluding hydrogens is 271 g/mol. The quantitative estimate of drug-likeness (QED) is 0.766. The Bertz CT molecular complexity index is 541. The van der Waals surface area contributed by atoms with Crippen LogP contribution in [0.5, 0.6) is 0 Å². The van der Waals surface area contributed by atoms with Crippen molar-refractivity contribution in [2.75, 3.05) is 5.32 Å². The lowest BCUT2D eigenvalue weighted by Crippen LogP contribution is -2.58. The standard InChI is InChI=1S/C13H19BN4OS/c14-12-3-1-8(2-4-12)13(7-12)9(15)17-10(19-13)18-11-16-5-6-20-11/h5-6,8-9H,1-4,7,14-15H2,(H,16,17,18)/t8?,9?,12?,13-/m1/s1. The van der Waals surface area contributed by atoms with Crippen LogP contribution in [0, 0.1) is 5.92 Å². The van der Waals surface area contributed by atoms with Crippen LogP contribution in [0.4, 0.5) is 5.13 Å². The van der Waals surface area contributed by atoms with Crippen LogP contribution < -0.4 is 11.1 Å². The molecular formula is C13H19BN4OS. The first-order chi connectivity index (χ1) is 9.60. The fourth-order valence-electron chi connectivity index (χ4n) is 4.19. The third-order valence-corrected chi connectivity index (χ3v) is 5.97. The first-order valence-electron chi connectivity index (χ1n) is 7.29. The first-order valence-corrected chi connectivity index (χ1v) is 8.17. The van der Waals surface area contributed by atoms with E-state index in [9.17, 15) is 0 Å². The van der Waals surface area contributed by atoms with Crippen molar-refractivity contribution in [1.82, 2.24) is 4.98 Å². The van der Waals surface area contributed by atoms with Crippen LogP contribution in [-0.2, 0) is 4.74 Å². The van der Waals surface area contributed by atoms with Crippen LogP contribution in [0.15, 0.2) is 16.6 Å². The third-order valence-electron chi connectivity index (χ3n) is 5.28. The minimum atomic E-state index is -0.287. The van der Waals surface area contributed by atoms with Gasteiger partial charge in [-0.15, -0.1) is 11.3 Å². The van der Waals surface area contributed by atoms with Gasteiger partial charge in [0.2, 0.25) is 0 Å². The topological polar surface area (TPSA) is 72.5 Å². The van der Waals surface area contributed by atoms with Gasteiger partial charge in [-0.05, 0) is 19.3 Å². The summed E-state index contributed by atoms with van der Waals surface area (Å²) in [4.78, 5) is 8.72. The van der Waals surface area contributed by atoms with Gasteiger partial charge in [0.25, 0.3) is 6.02 Å². The summed E-state index contributed by atoms with van der Waals surface area (Å²) in [6, 6.07) is 0.545. The number of nitrogens with zero attached hydrogens (tertiary/aromatic N) is 2. The normalized spacial score (nSPS) is 42.5. The molecule has 0 saturated heterocycles.